The van der Waals surface area contributed by atoms with Crippen LogP contribution in [0.5, 0.6) is 5.75 Å². The van der Waals surface area contributed by atoms with Crippen molar-refractivity contribution in [1.82, 2.24) is 4.90 Å². The highest BCUT2D eigenvalue weighted by molar-refractivity contribution is 5.70. The molecule has 0 aromatic heterocycles. The molecule has 0 N–H and O–H groups in total. The standard InChI is InChI=1S/C13H17NO3/c1-13(2)10-14(8-9-16-13)12(15)17-11-6-4-3-5-7-11/h3-7H,8-10H2,1-2H3. The third kappa shape index (κ3) is 3.20. The van der Waals surface area contributed by atoms with Crippen LogP contribution >= 0.6 is 0 Å². The Kier molecular flexibility index (Phi) is 3.33. The number of rotatable bonds is 1. The van der Waals surface area contributed by atoms with Crippen molar-refractivity contribution in [1.29, 1.82) is 0 Å². The van der Waals surface area contributed by atoms with Gasteiger partial charge in [0.25, 0.3) is 0 Å². The predicted molar refractivity (Wildman–Crippen MR) is 64.1 cm³/mol. The predicted octanol–water partition coefficient (Wildman–Crippen LogP) is 2.30. The van der Waals surface area contributed by atoms with E-state index in [1.807, 2.05) is 32.0 Å². The number of carbonyl (C=O) groups is 1. The van der Waals surface area contributed by atoms with Crippen molar-refractivity contribution in [3.05, 3.63) is 30.3 Å². The van der Waals surface area contributed by atoms with Crippen LogP contribution in [0.15, 0.2) is 30.3 Å². The van der Waals surface area contributed by atoms with Crippen molar-refractivity contribution < 1.29 is 14.3 Å². The van der Waals surface area contributed by atoms with E-state index in [-0.39, 0.29) is 11.7 Å². The first-order chi connectivity index (χ1) is 8.07. The van der Waals surface area contributed by atoms with Gasteiger partial charge in [-0.3, -0.25) is 0 Å². The molecule has 1 aliphatic rings. The third-order valence-corrected chi connectivity index (χ3v) is 2.63. The molecule has 0 radical (unpaired) electrons. The number of para-hydroxylation sites is 1. The molecule has 1 aromatic carbocycles. The second kappa shape index (κ2) is 4.75. The Labute approximate surface area is 101 Å². The maximum Gasteiger partial charge on any atom is 0.415 e. The second-order valence-corrected chi connectivity index (χ2v) is 4.71. The summed E-state index contributed by atoms with van der Waals surface area (Å²) in [5.74, 6) is 0.571. The maximum absolute atomic E-state index is 11.9. The molecule has 1 aromatic rings. The molecular formula is C13H17NO3. The van der Waals surface area contributed by atoms with Gasteiger partial charge in [-0.1, -0.05) is 18.2 Å². The summed E-state index contributed by atoms with van der Waals surface area (Å²) in [6.45, 7) is 5.62. The Morgan fingerprint density at radius 2 is 2.06 bits per heavy atom. The fourth-order valence-corrected chi connectivity index (χ4v) is 1.83. The lowest BCUT2D eigenvalue weighted by Crippen LogP contribution is -2.51. The highest BCUT2D eigenvalue weighted by Crippen LogP contribution is 2.18. The summed E-state index contributed by atoms with van der Waals surface area (Å²) in [5, 5.41) is 0. The van der Waals surface area contributed by atoms with E-state index >= 15 is 0 Å². The van der Waals surface area contributed by atoms with E-state index in [9.17, 15) is 4.79 Å². The van der Waals surface area contributed by atoms with Crippen molar-refractivity contribution in [2.75, 3.05) is 19.7 Å². The van der Waals surface area contributed by atoms with Gasteiger partial charge in [-0.25, -0.2) is 4.79 Å². The van der Waals surface area contributed by atoms with E-state index in [1.165, 1.54) is 0 Å². The Bertz CT molecular complexity index is 389. The molecule has 0 unspecified atom stereocenters. The number of hydrogen-bond acceptors (Lipinski definition) is 3. The van der Waals surface area contributed by atoms with E-state index in [2.05, 4.69) is 0 Å². The fraction of sp³-hybridized carbons (Fsp3) is 0.462. The highest BCUT2D eigenvalue weighted by atomic mass is 16.6. The first-order valence-electron chi connectivity index (χ1n) is 5.73. The minimum Gasteiger partial charge on any atom is -0.410 e. The maximum atomic E-state index is 11.9. The number of nitrogens with zero attached hydrogens (tertiary/aromatic N) is 1. The molecule has 0 saturated carbocycles. The van der Waals surface area contributed by atoms with Gasteiger partial charge in [-0.05, 0) is 26.0 Å². The monoisotopic (exact) mass is 235 g/mol. The molecule has 1 amide bonds. The quantitative estimate of drug-likeness (QED) is 0.749. The number of amides is 1. The first kappa shape index (κ1) is 11.9. The van der Waals surface area contributed by atoms with E-state index < -0.39 is 0 Å². The lowest BCUT2D eigenvalue weighted by atomic mass is 10.1. The van der Waals surface area contributed by atoms with Gasteiger partial charge < -0.3 is 14.4 Å². The van der Waals surface area contributed by atoms with Crippen LogP contribution in [0.3, 0.4) is 0 Å². The van der Waals surface area contributed by atoms with Gasteiger partial charge in [-0.15, -0.1) is 0 Å². The summed E-state index contributed by atoms with van der Waals surface area (Å²) in [7, 11) is 0. The molecule has 0 spiro atoms. The Balaban J connectivity index is 1.96. The molecule has 4 nitrogen and oxygen atoms in total. The number of ether oxygens (including phenoxy) is 2. The smallest absolute Gasteiger partial charge is 0.410 e. The first-order valence-corrected chi connectivity index (χ1v) is 5.73. The zero-order valence-corrected chi connectivity index (χ0v) is 10.2. The zero-order valence-electron chi connectivity index (χ0n) is 10.2. The molecule has 17 heavy (non-hydrogen) atoms. The average molecular weight is 235 g/mol. The summed E-state index contributed by atoms with van der Waals surface area (Å²) in [4.78, 5) is 13.6. The topological polar surface area (TPSA) is 38.8 Å². The lowest BCUT2D eigenvalue weighted by Gasteiger charge is -2.37. The number of hydrogen-bond donors (Lipinski definition) is 0. The second-order valence-electron chi connectivity index (χ2n) is 4.71. The number of carbonyl (C=O) groups excluding carboxylic acids is 1. The fourth-order valence-electron chi connectivity index (χ4n) is 1.83. The van der Waals surface area contributed by atoms with Gasteiger partial charge in [0.2, 0.25) is 0 Å². The lowest BCUT2D eigenvalue weighted by molar-refractivity contribution is -0.0774. The molecule has 0 bridgehead atoms. The van der Waals surface area contributed by atoms with Gasteiger partial charge in [0, 0.05) is 6.54 Å². The molecule has 0 atom stereocenters. The molecule has 92 valence electrons. The van der Waals surface area contributed by atoms with E-state index in [1.54, 1.807) is 17.0 Å². The number of morpholine rings is 1. The van der Waals surface area contributed by atoms with Crippen molar-refractivity contribution >= 4 is 6.09 Å². The van der Waals surface area contributed by atoms with Gasteiger partial charge in [-0.2, -0.15) is 0 Å². The summed E-state index contributed by atoms with van der Waals surface area (Å²) < 4.78 is 10.8. The van der Waals surface area contributed by atoms with Crippen molar-refractivity contribution in [3.63, 3.8) is 0 Å². The molecule has 2 rings (SSSR count). The van der Waals surface area contributed by atoms with Crippen molar-refractivity contribution in [2.24, 2.45) is 0 Å². The van der Waals surface area contributed by atoms with Crippen LogP contribution in [0.2, 0.25) is 0 Å². The van der Waals surface area contributed by atoms with E-state index in [0.29, 0.717) is 25.4 Å². The van der Waals surface area contributed by atoms with Gasteiger partial charge in [0.15, 0.2) is 0 Å². The summed E-state index contributed by atoms with van der Waals surface area (Å²) in [5.41, 5.74) is -0.298. The van der Waals surface area contributed by atoms with Crippen molar-refractivity contribution in [2.45, 2.75) is 19.4 Å². The van der Waals surface area contributed by atoms with Gasteiger partial charge in [0.1, 0.15) is 5.75 Å². The normalized spacial score (nSPS) is 18.8. The Morgan fingerprint density at radius 1 is 1.35 bits per heavy atom. The van der Waals surface area contributed by atoms with Crippen LogP contribution < -0.4 is 4.74 Å². The van der Waals surface area contributed by atoms with Crippen LogP contribution in [0.4, 0.5) is 4.79 Å². The minimum absolute atomic E-state index is 0.298. The Hall–Kier alpha value is -1.55. The summed E-state index contributed by atoms with van der Waals surface area (Å²) >= 11 is 0. The molecule has 1 heterocycles. The van der Waals surface area contributed by atoms with Crippen LogP contribution in [-0.4, -0.2) is 36.3 Å². The van der Waals surface area contributed by atoms with E-state index in [4.69, 9.17) is 9.47 Å². The highest BCUT2D eigenvalue weighted by Gasteiger charge is 2.30. The molecule has 4 heteroatoms. The van der Waals surface area contributed by atoms with Crippen LogP contribution in [0, 0.1) is 0 Å². The van der Waals surface area contributed by atoms with Gasteiger partial charge in [0.05, 0.1) is 18.8 Å². The van der Waals surface area contributed by atoms with Crippen LogP contribution in [0.1, 0.15) is 13.8 Å². The largest absolute Gasteiger partial charge is 0.415 e. The SMILES string of the molecule is CC1(C)CN(C(=O)Oc2ccccc2)CCO1. The number of benzene rings is 1. The summed E-state index contributed by atoms with van der Waals surface area (Å²) in [6.07, 6.45) is -0.312. The zero-order chi connectivity index (χ0) is 12.3. The minimum atomic E-state index is -0.312. The molecule has 1 fully saturated rings. The molecule has 1 aliphatic heterocycles. The molecular weight excluding hydrogens is 218 g/mol. The van der Waals surface area contributed by atoms with Crippen LogP contribution in [-0.2, 0) is 4.74 Å². The Morgan fingerprint density at radius 3 is 2.71 bits per heavy atom. The summed E-state index contributed by atoms with van der Waals surface area (Å²) in [6, 6.07) is 9.10. The van der Waals surface area contributed by atoms with Crippen LogP contribution in [0.25, 0.3) is 0 Å². The van der Waals surface area contributed by atoms with E-state index in [0.717, 1.165) is 0 Å². The van der Waals surface area contributed by atoms with Crippen molar-refractivity contribution in [3.8, 4) is 5.75 Å². The molecule has 1 saturated heterocycles. The third-order valence-electron chi connectivity index (χ3n) is 2.63. The van der Waals surface area contributed by atoms with Gasteiger partial charge >= 0.3 is 6.09 Å². The average Bonchev–Trinajstić information content (AvgIpc) is 2.29. The molecule has 0 aliphatic carbocycles.